The Morgan fingerprint density at radius 1 is 1.29 bits per heavy atom. The van der Waals surface area contributed by atoms with E-state index in [1.165, 1.54) is 7.11 Å². The maximum atomic E-state index is 11.2. The van der Waals surface area contributed by atoms with Crippen molar-refractivity contribution in [3.8, 4) is 0 Å². The molecule has 2 N–H and O–H groups in total. The second-order valence-corrected chi connectivity index (χ2v) is 3.59. The molecule has 0 saturated carbocycles. The van der Waals surface area contributed by atoms with Crippen LogP contribution in [0.3, 0.4) is 0 Å². The van der Waals surface area contributed by atoms with Crippen LogP contribution in [-0.2, 0) is 9.53 Å². The van der Waals surface area contributed by atoms with Crippen molar-refractivity contribution in [1.82, 2.24) is 10.6 Å². The molecule has 0 saturated heterocycles. The molecule has 0 unspecified atom stereocenters. The Morgan fingerprint density at radius 2 is 1.86 bits per heavy atom. The van der Waals surface area contributed by atoms with Gasteiger partial charge in [0, 0.05) is 13.1 Å². The van der Waals surface area contributed by atoms with E-state index in [1.54, 1.807) is 13.8 Å². The largest absolute Gasteiger partial charge is 0.469 e. The summed E-state index contributed by atoms with van der Waals surface area (Å²) in [6.07, 6.45) is 0. The molecule has 5 heteroatoms. The zero-order valence-electron chi connectivity index (χ0n) is 9.14. The molecule has 0 heterocycles. The van der Waals surface area contributed by atoms with Crippen LogP contribution in [0.1, 0.15) is 20.8 Å². The van der Waals surface area contributed by atoms with Crippen molar-refractivity contribution in [3.05, 3.63) is 0 Å². The normalized spacial score (nSPS) is 10.6. The first-order valence-electron chi connectivity index (χ1n) is 4.54. The molecule has 82 valence electrons. The molecule has 0 aliphatic carbocycles. The smallest absolute Gasteiger partial charge is 0.314 e. The Morgan fingerprint density at radius 3 is 2.29 bits per heavy atom. The standard InChI is InChI=1S/C9H18N2O3/c1-5-10-8(13)11-6-9(2,3)7(12)14-4/h5-6H2,1-4H3,(H2,10,11,13). The summed E-state index contributed by atoms with van der Waals surface area (Å²) in [5.74, 6) is -0.339. The van der Waals surface area contributed by atoms with E-state index in [-0.39, 0.29) is 18.5 Å². The first-order valence-corrected chi connectivity index (χ1v) is 4.54. The summed E-state index contributed by atoms with van der Waals surface area (Å²) in [7, 11) is 1.33. The molecule has 0 atom stereocenters. The fourth-order valence-electron chi connectivity index (χ4n) is 0.873. The highest BCUT2D eigenvalue weighted by atomic mass is 16.5. The van der Waals surface area contributed by atoms with E-state index in [9.17, 15) is 9.59 Å². The second-order valence-electron chi connectivity index (χ2n) is 3.59. The van der Waals surface area contributed by atoms with Gasteiger partial charge in [-0.25, -0.2) is 4.79 Å². The highest BCUT2D eigenvalue weighted by molar-refractivity contribution is 5.78. The van der Waals surface area contributed by atoms with Gasteiger partial charge in [-0.05, 0) is 20.8 Å². The number of urea groups is 1. The summed E-state index contributed by atoms with van der Waals surface area (Å²) in [6.45, 7) is 6.07. The van der Waals surface area contributed by atoms with Crippen LogP contribution in [0.5, 0.6) is 0 Å². The number of amides is 2. The quantitative estimate of drug-likeness (QED) is 0.652. The Balaban J connectivity index is 3.98. The summed E-state index contributed by atoms with van der Waals surface area (Å²) in [6, 6.07) is -0.274. The zero-order valence-corrected chi connectivity index (χ0v) is 9.14. The number of hydrogen-bond acceptors (Lipinski definition) is 3. The molecule has 0 aliphatic heterocycles. The van der Waals surface area contributed by atoms with Crippen LogP contribution in [0.15, 0.2) is 0 Å². The van der Waals surface area contributed by atoms with E-state index < -0.39 is 5.41 Å². The van der Waals surface area contributed by atoms with Gasteiger partial charge < -0.3 is 15.4 Å². The molecular formula is C9H18N2O3. The highest BCUT2D eigenvalue weighted by Crippen LogP contribution is 2.14. The minimum Gasteiger partial charge on any atom is -0.469 e. The molecule has 0 spiro atoms. The summed E-state index contributed by atoms with van der Waals surface area (Å²) < 4.78 is 4.60. The van der Waals surface area contributed by atoms with Crippen molar-refractivity contribution in [2.45, 2.75) is 20.8 Å². The topological polar surface area (TPSA) is 67.4 Å². The molecule has 0 aromatic heterocycles. The molecule has 5 nitrogen and oxygen atoms in total. The Hall–Kier alpha value is -1.26. The van der Waals surface area contributed by atoms with Gasteiger partial charge in [0.1, 0.15) is 0 Å². The Kier molecular flexibility index (Phi) is 4.97. The molecule has 0 bridgehead atoms. The van der Waals surface area contributed by atoms with Gasteiger partial charge in [-0.3, -0.25) is 4.79 Å². The van der Waals surface area contributed by atoms with Crippen LogP contribution in [0.4, 0.5) is 4.79 Å². The molecular weight excluding hydrogens is 184 g/mol. The number of methoxy groups -OCH3 is 1. The van der Waals surface area contributed by atoms with Crippen molar-refractivity contribution in [1.29, 1.82) is 0 Å². The number of nitrogens with one attached hydrogen (secondary N) is 2. The predicted molar refractivity (Wildman–Crippen MR) is 52.9 cm³/mol. The monoisotopic (exact) mass is 202 g/mol. The van der Waals surface area contributed by atoms with E-state index in [4.69, 9.17) is 0 Å². The number of hydrogen-bond donors (Lipinski definition) is 2. The van der Waals surface area contributed by atoms with E-state index in [0.29, 0.717) is 6.54 Å². The molecule has 0 aromatic carbocycles. The summed E-state index contributed by atoms with van der Waals surface area (Å²) in [5, 5.41) is 5.16. The maximum absolute atomic E-state index is 11.2. The van der Waals surface area contributed by atoms with Crippen LogP contribution < -0.4 is 10.6 Å². The van der Waals surface area contributed by atoms with Crippen LogP contribution >= 0.6 is 0 Å². The second kappa shape index (κ2) is 5.47. The minimum atomic E-state index is -0.695. The number of esters is 1. The average molecular weight is 202 g/mol. The minimum absolute atomic E-state index is 0.255. The fraction of sp³-hybridized carbons (Fsp3) is 0.778. The number of carbonyl (C=O) groups excluding carboxylic acids is 2. The van der Waals surface area contributed by atoms with Gasteiger partial charge in [-0.2, -0.15) is 0 Å². The number of rotatable bonds is 4. The van der Waals surface area contributed by atoms with E-state index in [0.717, 1.165) is 0 Å². The summed E-state index contributed by atoms with van der Waals surface area (Å²) in [4.78, 5) is 22.2. The Labute approximate surface area is 84.2 Å². The van der Waals surface area contributed by atoms with Gasteiger partial charge in [0.05, 0.1) is 12.5 Å². The van der Waals surface area contributed by atoms with E-state index in [2.05, 4.69) is 15.4 Å². The van der Waals surface area contributed by atoms with Gasteiger partial charge in [0.15, 0.2) is 0 Å². The SMILES string of the molecule is CCNC(=O)NCC(C)(C)C(=O)OC. The van der Waals surface area contributed by atoms with E-state index >= 15 is 0 Å². The van der Waals surface area contributed by atoms with Crippen molar-refractivity contribution < 1.29 is 14.3 Å². The predicted octanol–water partition coefficient (Wildman–Crippen LogP) is 0.505. The van der Waals surface area contributed by atoms with Crippen LogP contribution in [0.25, 0.3) is 0 Å². The van der Waals surface area contributed by atoms with Gasteiger partial charge in [0.25, 0.3) is 0 Å². The lowest BCUT2D eigenvalue weighted by Crippen LogP contribution is -2.43. The van der Waals surface area contributed by atoms with Gasteiger partial charge in [0.2, 0.25) is 0 Å². The lowest BCUT2D eigenvalue weighted by atomic mass is 9.94. The molecule has 0 rings (SSSR count). The Bertz CT molecular complexity index is 214. The van der Waals surface area contributed by atoms with Gasteiger partial charge in [-0.15, -0.1) is 0 Å². The molecule has 14 heavy (non-hydrogen) atoms. The number of ether oxygens (including phenoxy) is 1. The van der Waals surface area contributed by atoms with Gasteiger partial charge in [-0.1, -0.05) is 0 Å². The van der Waals surface area contributed by atoms with Crippen molar-refractivity contribution in [3.63, 3.8) is 0 Å². The summed E-state index contributed by atoms with van der Waals surface area (Å²) in [5.41, 5.74) is -0.695. The lowest BCUT2D eigenvalue weighted by Gasteiger charge is -2.21. The first-order chi connectivity index (χ1) is 6.44. The van der Waals surface area contributed by atoms with Gasteiger partial charge >= 0.3 is 12.0 Å². The molecule has 0 aliphatic rings. The lowest BCUT2D eigenvalue weighted by molar-refractivity contribution is -0.150. The maximum Gasteiger partial charge on any atom is 0.314 e. The highest BCUT2D eigenvalue weighted by Gasteiger charge is 2.28. The van der Waals surface area contributed by atoms with Crippen molar-refractivity contribution in [2.24, 2.45) is 5.41 Å². The number of carbonyl (C=O) groups is 2. The van der Waals surface area contributed by atoms with E-state index in [1.807, 2.05) is 6.92 Å². The van der Waals surface area contributed by atoms with Crippen molar-refractivity contribution in [2.75, 3.05) is 20.2 Å². The first kappa shape index (κ1) is 12.7. The fourth-order valence-corrected chi connectivity index (χ4v) is 0.873. The van der Waals surface area contributed by atoms with Crippen LogP contribution in [-0.4, -0.2) is 32.2 Å². The third-order valence-corrected chi connectivity index (χ3v) is 1.77. The van der Waals surface area contributed by atoms with Crippen LogP contribution in [0, 0.1) is 5.41 Å². The third kappa shape index (κ3) is 4.11. The van der Waals surface area contributed by atoms with Crippen LogP contribution in [0.2, 0.25) is 0 Å². The average Bonchev–Trinajstić information content (AvgIpc) is 2.14. The molecule has 0 fully saturated rings. The molecule has 0 radical (unpaired) electrons. The summed E-state index contributed by atoms with van der Waals surface area (Å²) >= 11 is 0. The van der Waals surface area contributed by atoms with Crippen molar-refractivity contribution >= 4 is 12.0 Å². The molecule has 2 amide bonds. The zero-order chi connectivity index (χ0) is 11.2. The molecule has 0 aromatic rings. The third-order valence-electron chi connectivity index (χ3n) is 1.77.